The van der Waals surface area contributed by atoms with Crippen molar-refractivity contribution in [3.8, 4) is 0 Å². The number of rotatable bonds is 7. The second-order valence-corrected chi connectivity index (χ2v) is 11.4. The summed E-state index contributed by atoms with van der Waals surface area (Å²) in [5.41, 5.74) is -1.82. The van der Waals surface area contributed by atoms with Crippen molar-refractivity contribution < 1.29 is 47.7 Å². The SMILES string of the molecule is CCCC(=O)O[C@@H]1CC/C(C)=C\[C@H]2OC2(C(C)C(=O)OC)C(=O)C2C(C)C(OC(C)=O)CC(OC(C)=O)[C@@]21C. The first-order chi connectivity index (χ1) is 18.2. The molecule has 0 bridgehead atoms. The first kappa shape index (κ1) is 30.8. The molecule has 2 fully saturated rings. The minimum Gasteiger partial charge on any atom is -0.469 e. The molecule has 10 nitrogen and oxygen atoms in total. The topological polar surface area (TPSA) is 135 Å². The summed E-state index contributed by atoms with van der Waals surface area (Å²) in [6.45, 7) is 11.5. The molecule has 0 amide bonds. The van der Waals surface area contributed by atoms with Crippen molar-refractivity contribution in [1.82, 2.24) is 0 Å². The van der Waals surface area contributed by atoms with Gasteiger partial charge in [0.15, 0.2) is 11.4 Å². The fourth-order valence-electron chi connectivity index (χ4n) is 6.64. The predicted octanol–water partition coefficient (Wildman–Crippen LogP) is 3.48. The summed E-state index contributed by atoms with van der Waals surface area (Å²) in [7, 11) is 1.25. The molecule has 3 rings (SSSR count). The molecular weight excluding hydrogens is 508 g/mol. The number of hydrogen-bond acceptors (Lipinski definition) is 10. The van der Waals surface area contributed by atoms with Gasteiger partial charge in [-0.15, -0.1) is 0 Å². The van der Waals surface area contributed by atoms with Crippen molar-refractivity contribution in [3.63, 3.8) is 0 Å². The van der Waals surface area contributed by atoms with Crippen LogP contribution in [0.25, 0.3) is 0 Å². The van der Waals surface area contributed by atoms with Crippen molar-refractivity contribution in [3.05, 3.63) is 11.6 Å². The Bertz CT molecular complexity index is 1030. The maximum atomic E-state index is 14.8. The number of carbonyl (C=O) groups excluding carboxylic acids is 5. The van der Waals surface area contributed by atoms with Gasteiger partial charge >= 0.3 is 23.9 Å². The highest BCUT2D eigenvalue weighted by Crippen LogP contribution is 2.57. The molecule has 218 valence electrons. The van der Waals surface area contributed by atoms with E-state index >= 15 is 0 Å². The Kier molecular flexibility index (Phi) is 9.30. The molecule has 3 aliphatic rings. The smallest absolute Gasteiger partial charge is 0.311 e. The van der Waals surface area contributed by atoms with Crippen molar-refractivity contribution in [2.24, 2.45) is 23.2 Å². The molecule has 1 saturated carbocycles. The predicted molar refractivity (Wildman–Crippen MR) is 138 cm³/mol. The molecule has 1 saturated heterocycles. The van der Waals surface area contributed by atoms with Gasteiger partial charge in [-0.2, -0.15) is 0 Å². The average Bonchev–Trinajstić information content (AvgIpc) is 3.57. The molecule has 1 heterocycles. The van der Waals surface area contributed by atoms with E-state index in [1.54, 1.807) is 20.8 Å². The maximum absolute atomic E-state index is 14.8. The summed E-state index contributed by atoms with van der Waals surface area (Å²) >= 11 is 0. The van der Waals surface area contributed by atoms with E-state index in [-0.39, 0.29) is 12.8 Å². The number of epoxide rings is 1. The number of methoxy groups -OCH3 is 1. The third-order valence-electron chi connectivity index (χ3n) is 8.76. The van der Waals surface area contributed by atoms with Gasteiger partial charge in [-0.1, -0.05) is 32.4 Å². The van der Waals surface area contributed by atoms with E-state index in [1.807, 2.05) is 19.9 Å². The number of fused-ring (bicyclic) bond motifs is 2. The molecule has 2 aliphatic carbocycles. The fourth-order valence-corrected chi connectivity index (χ4v) is 6.64. The van der Waals surface area contributed by atoms with Gasteiger partial charge in [0.1, 0.15) is 24.4 Å². The molecule has 10 heteroatoms. The monoisotopic (exact) mass is 550 g/mol. The van der Waals surface area contributed by atoms with Crippen LogP contribution in [0.1, 0.15) is 80.6 Å². The fraction of sp³-hybridized carbons (Fsp3) is 0.759. The first-order valence-corrected chi connectivity index (χ1v) is 13.7. The van der Waals surface area contributed by atoms with Gasteiger partial charge in [-0.25, -0.2) is 0 Å². The molecule has 0 aromatic rings. The minimum atomic E-state index is -1.53. The number of Topliss-reactive ketones (excluding diaryl/α,β-unsaturated/α-hetero) is 1. The summed E-state index contributed by atoms with van der Waals surface area (Å²) in [6, 6.07) is 0. The molecule has 0 aromatic heterocycles. The van der Waals surface area contributed by atoms with Crippen LogP contribution in [0, 0.1) is 23.2 Å². The van der Waals surface area contributed by atoms with E-state index < -0.39 is 82.8 Å². The third-order valence-corrected chi connectivity index (χ3v) is 8.76. The summed E-state index contributed by atoms with van der Waals surface area (Å²) in [5.74, 6) is -4.98. The number of esters is 4. The maximum Gasteiger partial charge on any atom is 0.311 e. The Morgan fingerprint density at radius 3 is 2.31 bits per heavy atom. The number of allylic oxidation sites excluding steroid dienone is 1. The largest absolute Gasteiger partial charge is 0.469 e. The lowest BCUT2D eigenvalue weighted by Crippen LogP contribution is -2.64. The van der Waals surface area contributed by atoms with Crippen molar-refractivity contribution in [2.45, 2.75) is 111 Å². The number of carbonyl (C=O) groups is 5. The van der Waals surface area contributed by atoms with Gasteiger partial charge in [-0.05, 0) is 33.1 Å². The lowest BCUT2D eigenvalue weighted by Gasteiger charge is -2.54. The molecule has 0 aromatic carbocycles. The van der Waals surface area contributed by atoms with Gasteiger partial charge in [0.25, 0.3) is 0 Å². The van der Waals surface area contributed by atoms with E-state index in [0.717, 1.165) is 5.57 Å². The molecule has 0 N–H and O–H groups in total. The third kappa shape index (κ3) is 5.76. The lowest BCUT2D eigenvalue weighted by atomic mass is 9.53. The Balaban J connectivity index is 2.26. The van der Waals surface area contributed by atoms with Crippen LogP contribution in [0.4, 0.5) is 0 Å². The molecular formula is C29H42O10. The Labute approximate surface area is 230 Å². The second-order valence-electron chi connectivity index (χ2n) is 11.4. The normalized spacial score (nSPS) is 38.1. The molecule has 39 heavy (non-hydrogen) atoms. The van der Waals surface area contributed by atoms with Crippen LogP contribution >= 0.6 is 0 Å². The molecule has 9 atom stereocenters. The Hall–Kier alpha value is -2.75. The standard InChI is InChI=1S/C29H42O10/c1-9-10-24(32)38-21-12-11-15(2)13-23-29(39-23,17(4)27(34)35-8)26(33)25-16(3)20(36-18(5)30)14-22(28(21,25)7)37-19(6)31/h13,16-17,20-23,25H,9-12,14H2,1-8H3/b15-13-/t16?,17?,20?,21-,22?,23-,25?,28+,29?/m1/s1. The van der Waals surface area contributed by atoms with Crippen LogP contribution in [0.3, 0.4) is 0 Å². The number of ether oxygens (including phenoxy) is 5. The quantitative estimate of drug-likeness (QED) is 0.201. The molecule has 1 aliphatic heterocycles. The number of hydrogen-bond donors (Lipinski definition) is 0. The zero-order valence-electron chi connectivity index (χ0n) is 24.2. The van der Waals surface area contributed by atoms with Crippen LogP contribution in [-0.2, 0) is 47.7 Å². The molecule has 0 radical (unpaired) electrons. The van der Waals surface area contributed by atoms with Crippen LogP contribution in [0.2, 0.25) is 0 Å². The van der Waals surface area contributed by atoms with Gasteiger partial charge in [0.05, 0.1) is 18.4 Å². The molecule has 0 spiro atoms. The summed E-state index contributed by atoms with van der Waals surface area (Å²) < 4.78 is 28.6. The van der Waals surface area contributed by atoms with Gasteiger partial charge < -0.3 is 23.7 Å². The summed E-state index contributed by atoms with van der Waals surface area (Å²) in [5, 5.41) is 0. The Morgan fingerprint density at radius 2 is 1.74 bits per heavy atom. The van der Waals surface area contributed by atoms with E-state index in [0.29, 0.717) is 19.3 Å². The minimum absolute atomic E-state index is 0.126. The van der Waals surface area contributed by atoms with Crippen molar-refractivity contribution >= 4 is 29.7 Å². The van der Waals surface area contributed by atoms with Crippen LogP contribution in [0.15, 0.2) is 11.6 Å². The van der Waals surface area contributed by atoms with Crippen LogP contribution in [0.5, 0.6) is 0 Å². The van der Waals surface area contributed by atoms with Crippen molar-refractivity contribution in [1.29, 1.82) is 0 Å². The number of ketones is 1. The van der Waals surface area contributed by atoms with E-state index in [1.165, 1.54) is 21.0 Å². The Morgan fingerprint density at radius 1 is 1.10 bits per heavy atom. The van der Waals surface area contributed by atoms with Gasteiger partial charge in [-0.3, -0.25) is 24.0 Å². The zero-order chi connectivity index (χ0) is 29.3. The van der Waals surface area contributed by atoms with Crippen molar-refractivity contribution in [2.75, 3.05) is 7.11 Å². The highest BCUT2D eigenvalue weighted by Gasteiger charge is 2.72. The van der Waals surface area contributed by atoms with Crippen LogP contribution in [-0.4, -0.2) is 66.8 Å². The molecule has 6 unspecified atom stereocenters. The zero-order valence-corrected chi connectivity index (χ0v) is 24.2. The van der Waals surface area contributed by atoms with E-state index in [4.69, 9.17) is 23.7 Å². The highest BCUT2D eigenvalue weighted by atomic mass is 16.6. The van der Waals surface area contributed by atoms with Crippen LogP contribution < -0.4 is 0 Å². The second kappa shape index (κ2) is 11.8. The summed E-state index contributed by atoms with van der Waals surface area (Å²) in [4.78, 5) is 64.8. The first-order valence-electron chi connectivity index (χ1n) is 13.7. The summed E-state index contributed by atoms with van der Waals surface area (Å²) in [6.07, 6.45) is 0.502. The van der Waals surface area contributed by atoms with Gasteiger partial charge in [0.2, 0.25) is 0 Å². The lowest BCUT2D eigenvalue weighted by molar-refractivity contribution is -0.212. The average molecular weight is 551 g/mol. The van der Waals surface area contributed by atoms with E-state index in [2.05, 4.69) is 0 Å². The van der Waals surface area contributed by atoms with E-state index in [9.17, 15) is 24.0 Å². The highest BCUT2D eigenvalue weighted by molar-refractivity contribution is 5.98. The van der Waals surface area contributed by atoms with Gasteiger partial charge in [0, 0.05) is 38.5 Å².